The molecule has 1 aromatic carbocycles. The zero-order valence-electron chi connectivity index (χ0n) is 9.73. The zero-order valence-corrected chi connectivity index (χ0v) is 11.2. The Morgan fingerprint density at radius 1 is 1.26 bits per heavy atom. The molecule has 0 amide bonds. The van der Waals surface area contributed by atoms with Crippen molar-refractivity contribution in [3.63, 3.8) is 0 Å². The van der Waals surface area contributed by atoms with Gasteiger partial charge in [-0.25, -0.2) is 9.78 Å². The van der Waals surface area contributed by atoms with Crippen LogP contribution < -0.4 is 5.32 Å². The number of nitrogens with zero attached hydrogens (tertiary/aromatic N) is 1. The number of benzene rings is 1. The number of anilines is 1. The third kappa shape index (κ3) is 3.59. The summed E-state index contributed by atoms with van der Waals surface area (Å²) in [5, 5.41) is 12.9. The highest BCUT2D eigenvalue weighted by Crippen LogP contribution is 2.18. The first-order valence-corrected chi connectivity index (χ1v) is 6.20. The van der Waals surface area contributed by atoms with E-state index in [2.05, 4.69) is 10.3 Å². The SMILES string of the molecule is O=C(O)c1ccc(Cl)nc1NCc1cccc(Cl)c1. The number of rotatable bonds is 4. The van der Waals surface area contributed by atoms with E-state index in [4.69, 9.17) is 28.3 Å². The highest BCUT2D eigenvalue weighted by Gasteiger charge is 2.11. The number of carboxylic acid groups (broad SMARTS) is 1. The van der Waals surface area contributed by atoms with Crippen LogP contribution in [0.15, 0.2) is 36.4 Å². The molecule has 0 bridgehead atoms. The van der Waals surface area contributed by atoms with E-state index < -0.39 is 5.97 Å². The average molecular weight is 297 g/mol. The summed E-state index contributed by atoms with van der Waals surface area (Å²) in [5.74, 6) is -0.822. The van der Waals surface area contributed by atoms with Gasteiger partial charge in [-0.15, -0.1) is 0 Å². The molecule has 1 heterocycles. The number of halogens is 2. The molecule has 0 aliphatic rings. The predicted molar refractivity (Wildman–Crippen MR) is 75.0 cm³/mol. The lowest BCUT2D eigenvalue weighted by molar-refractivity contribution is 0.0697. The number of hydrogen-bond donors (Lipinski definition) is 2. The van der Waals surface area contributed by atoms with Crippen LogP contribution in [0.25, 0.3) is 0 Å². The zero-order chi connectivity index (χ0) is 13.8. The van der Waals surface area contributed by atoms with Crippen molar-refractivity contribution in [1.82, 2.24) is 4.98 Å². The summed E-state index contributed by atoms with van der Waals surface area (Å²) in [7, 11) is 0. The first-order valence-electron chi connectivity index (χ1n) is 5.44. The minimum Gasteiger partial charge on any atom is -0.478 e. The topological polar surface area (TPSA) is 62.2 Å². The van der Waals surface area contributed by atoms with E-state index in [-0.39, 0.29) is 16.5 Å². The normalized spacial score (nSPS) is 10.2. The molecule has 2 aromatic rings. The largest absolute Gasteiger partial charge is 0.478 e. The predicted octanol–water partition coefficient (Wildman–Crippen LogP) is 3.70. The van der Waals surface area contributed by atoms with Crippen molar-refractivity contribution in [3.05, 3.63) is 57.7 Å². The minimum atomic E-state index is -1.06. The van der Waals surface area contributed by atoms with Crippen LogP contribution in [0.1, 0.15) is 15.9 Å². The number of aromatic carboxylic acids is 1. The molecule has 0 atom stereocenters. The Hall–Kier alpha value is -1.78. The third-order valence-electron chi connectivity index (χ3n) is 2.44. The molecule has 1 aromatic heterocycles. The van der Waals surface area contributed by atoms with Gasteiger partial charge < -0.3 is 10.4 Å². The van der Waals surface area contributed by atoms with Gasteiger partial charge in [-0.3, -0.25) is 0 Å². The van der Waals surface area contributed by atoms with Crippen LogP contribution in [0.5, 0.6) is 0 Å². The van der Waals surface area contributed by atoms with E-state index in [1.807, 2.05) is 12.1 Å². The maximum absolute atomic E-state index is 11.1. The van der Waals surface area contributed by atoms with Crippen LogP contribution >= 0.6 is 23.2 Å². The summed E-state index contributed by atoms with van der Waals surface area (Å²) in [5.41, 5.74) is 0.997. The van der Waals surface area contributed by atoms with Crippen LogP contribution in [0.3, 0.4) is 0 Å². The standard InChI is InChI=1S/C13H10Cl2N2O2/c14-9-3-1-2-8(6-9)7-16-12-10(13(18)19)4-5-11(15)17-12/h1-6H,7H2,(H,16,17)(H,18,19). The fourth-order valence-corrected chi connectivity index (χ4v) is 1.94. The van der Waals surface area contributed by atoms with Crippen LogP contribution in [0.4, 0.5) is 5.82 Å². The van der Waals surface area contributed by atoms with E-state index in [0.717, 1.165) is 5.56 Å². The van der Waals surface area contributed by atoms with Gasteiger partial charge in [0.15, 0.2) is 0 Å². The number of carbonyl (C=O) groups is 1. The van der Waals surface area contributed by atoms with Crippen molar-refractivity contribution < 1.29 is 9.90 Å². The van der Waals surface area contributed by atoms with E-state index in [0.29, 0.717) is 11.6 Å². The molecule has 0 aliphatic carbocycles. The number of carboxylic acids is 1. The second kappa shape index (κ2) is 5.91. The van der Waals surface area contributed by atoms with Gasteiger partial charge in [0.1, 0.15) is 16.5 Å². The summed E-state index contributed by atoms with van der Waals surface area (Å²) >= 11 is 11.6. The van der Waals surface area contributed by atoms with Gasteiger partial charge in [0.25, 0.3) is 0 Å². The van der Waals surface area contributed by atoms with Crippen LogP contribution in [-0.2, 0) is 6.54 Å². The Morgan fingerprint density at radius 2 is 2.05 bits per heavy atom. The average Bonchev–Trinajstić information content (AvgIpc) is 2.36. The third-order valence-corrected chi connectivity index (χ3v) is 2.89. The molecule has 19 heavy (non-hydrogen) atoms. The molecule has 0 unspecified atom stereocenters. The Labute approximate surface area is 120 Å². The molecule has 0 saturated heterocycles. The van der Waals surface area contributed by atoms with Crippen molar-refractivity contribution in [3.8, 4) is 0 Å². The first-order chi connectivity index (χ1) is 9.06. The quantitative estimate of drug-likeness (QED) is 0.845. The Bertz CT molecular complexity index is 617. The fraction of sp³-hybridized carbons (Fsp3) is 0.0769. The Morgan fingerprint density at radius 3 is 2.74 bits per heavy atom. The molecule has 0 fully saturated rings. The molecular weight excluding hydrogens is 287 g/mol. The molecule has 4 nitrogen and oxygen atoms in total. The van der Waals surface area contributed by atoms with Crippen LogP contribution in [0.2, 0.25) is 10.2 Å². The van der Waals surface area contributed by atoms with Gasteiger partial charge in [-0.1, -0.05) is 35.3 Å². The van der Waals surface area contributed by atoms with Crippen molar-refractivity contribution in [2.24, 2.45) is 0 Å². The van der Waals surface area contributed by atoms with E-state index >= 15 is 0 Å². The molecule has 98 valence electrons. The second-order valence-corrected chi connectivity index (χ2v) is 4.64. The second-order valence-electron chi connectivity index (χ2n) is 3.82. The number of nitrogens with one attached hydrogen (secondary N) is 1. The monoisotopic (exact) mass is 296 g/mol. The minimum absolute atomic E-state index is 0.0754. The molecule has 2 N–H and O–H groups in total. The number of aromatic nitrogens is 1. The van der Waals surface area contributed by atoms with Gasteiger partial charge in [-0.2, -0.15) is 0 Å². The molecule has 0 spiro atoms. The highest BCUT2D eigenvalue weighted by molar-refractivity contribution is 6.30. The van der Waals surface area contributed by atoms with E-state index in [1.54, 1.807) is 12.1 Å². The van der Waals surface area contributed by atoms with Gasteiger partial charge >= 0.3 is 5.97 Å². The van der Waals surface area contributed by atoms with Gasteiger partial charge in [0, 0.05) is 11.6 Å². The highest BCUT2D eigenvalue weighted by atomic mass is 35.5. The molecule has 0 aliphatic heterocycles. The summed E-state index contributed by atoms with van der Waals surface area (Å²) in [6.45, 7) is 0.411. The van der Waals surface area contributed by atoms with Crippen LogP contribution in [0, 0.1) is 0 Å². The molecule has 0 saturated carbocycles. The first kappa shape index (κ1) is 13.6. The molecular formula is C13H10Cl2N2O2. The van der Waals surface area contributed by atoms with Crippen LogP contribution in [-0.4, -0.2) is 16.1 Å². The van der Waals surface area contributed by atoms with Crippen molar-refractivity contribution in [1.29, 1.82) is 0 Å². The van der Waals surface area contributed by atoms with Gasteiger partial charge in [-0.05, 0) is 29.8 Å². The van der Waals surface area contributed by atoms with Crippen molar-refractivity contribution in [2.45, 2.75) is 6.54 Å². The lowest BCUT2D eigenvalue weighted by atomic mass is 10.2. The summed E-state index contributed by atoms with van der Waals surface area (Å²) < 4.78 is 0. The van der Waals surface area contributed by atoms with E-state index in [1.165, 1.54) is 12.1 Å². The number of hydrogen-bond acceptors (Lipinski definition) is 3. The van der Waals surface area contributed by atoms with E-state index in [9.17, 15) is 4.79 Å². The fourth-order valence-electron chi connectivity index (χ4n) is 1.58. The number of pyridine rings is 1. The maximum Gasteiger partial charge on any atom is 0.339 e. The molecule has 2 rings (SSSR count). The van der Waals surface area contributed by atoms with Crippen molar-refractivity contribution in [2.75, 3.05) is 5.32 Å². The Balaban J connectivity index is 2.19. The Kier molecular flexibility index (Phi) is 4.24. The van der Waals surface area contributed by atoms with Crippen molar-refractivity contribution >= 4 is 35.0 Å². The maximum atomic E-state index is 11.1. The summed E-state index contributed by atoms with van der Waals surface area (Å²) in [6.07, 6.45) is 0. The smallest absolute Gasteiger partial charge is 0.339 e. The van der Waals surface area contributed by atoms with Gasteiger partial charge in [0.2, 0.25) is 0 Å². The lowest BCUT2D eigenvalue weighted by Crippen LogP contribution is -2.08. The lowest BCUT2D eigenvalue weighted by Gasteiger charge is -2.09. The molecule has 0 radical (unpaired) electrons. The molecule has 6 heteroatoms. The summed E-state index contributed by atoms with van der Waals surface area (Å²) in [4.78, 5) is 15.0. The summed E-state index contributed by atoms with van der Waals surface area (Å²) in [6, 6.07) is 10.1. The van der Waals surface area contributed by atoms with Gasteiger partial charge in [0.05, 0.1) is 0 Å².